The molecule has 0 atom stereocenters. The van der Waals surface area contributed by atoms with Gasteiger partial charge in [-0.15, -0.1) is 0 Å². The number of nitrogens with one attached hydrogen (secondary N) is 1. The van der Waals surface area contributed by atoms with Crippen LogP contribution in [0.5, 0.6) is 0 Å². The van der Waals surface area contributed by atoms with Gasteiger partial charge in [-0.05, 0) is 76.7 Å². The van der Waals surface area contributed by atoms with Gasteiger partial charge in [-0.2, -0.15) is 0 Å². The Labute approximate surface area is 143 Å². The monoisotopic (exact) mass is 325 g/mol. The van der Waals surface area contributed by atoms with Crippen LogP contribution < -0.4 is 5.32 Å². The Morgan fingerprint density at radius 1 is 0.870 bits per heavy atom. The van der Waals surface area contributed by atoms with E-state index in [1.165, 1.54) is 58.3 Å². The molecule has 0 unspecified atom stereocenters. The van der Waals surface area contributed by atoms with Crippen LogP contribution in [0.2, 0.25) is 0 Å². The topological polar surface area (TPSA) is 27.7 Å². The van der Waals surface area contributed by atoms with E-state index in [4.69, 9.17) is 4.74 Å². The molecule has 0 aromatic rings. The molecule has 0 amide bonds. The van der Waals surface area contributed by atoms with E-state index in [1.54, 1.807) is 0 Å². The van der Waals surface area contributed by atoms with E-state index in [2.05, 4.69) is 35.9 Å². The van der Waals surface area contributed by atoms with Crippen molar-refractivity contribution in [1.82, 2.24) is 15.1 Å². The second kappa shape index (κ2) is 9.97. The molecule has 0 bridgehead atoms. The Morgan fingerprint density at radius 3 is 1.96 bits per heavy atom. The Bertz CT molecular complexity index is 288. The van der Waals surface area contributed by atoms with Gasteiger partial charge in [-0.25, -0.2) is 0 Å². The van der Waals surface area contributed by atoms with Crippen LogP contribution in [-0.4, -0.2) is 68.4 Å². The third-order valence-electron chi connectivity index (χ3n) is 5.12. The van der Waals surface area contributed by atoms with Crippen LogP contribution in [0.1, 0.15) is 59.3 Å². The van der Waals surface area contributed by atoms with Gasteiger partial charge in [0.05, 0.1) is 12.8 Å². The van der Waals surface area contributed by atoms with Crippen LogP contribution in [-0.2, 0) is 4.74 Å². The van der Waals surface area contributed by atoms with Crippen molar-refractivity contribution in [3.05, 3.63) is 0 Å². The van der Waals surface area contributed by atoms with Crippen molar-refractivity contribution in [2.75, 3.05) is 52.5 Å². The third kappa shape index (κ3) is 7.51. The van der Waals surface area contributed by atoms with Crippen molar-refractivity contribution in [2.45, 2.75) is 65.5 Å². The van der Waals surface area contributed by atoms with Crippen molar-refractivity contribution in [3.8, 4) is 0 Å². The van der Waals surface area contributed by atoms with Gasteiger partial charge in [0, 0.05) is 13.2 Å². The standard InChI is InChI=1S/C19H39N3O/c1-19(2,3)9-16-23-17-11-20-10-8-18(21-12-4-5-13-21)22-14-6-7-15-22/h18,20H,4-17H2,1-3H3. The molecule has 4 heteroatoms. The molecule has 2 fully saturated rings. The Morgan fingerprint density at radius 2 is 1.43 bits per heavy atom. The molecule has 2 rings (SSSR count). The zero-order chi connectivity index (χ0) is 16.5. The highest BCUT2D eigenvalue weighted by molar-refractivity contribution is 4.81. The van der Waals surface area contributed by atoms with Crippen molar-refractivity contribution < 1.29 is 4.74 Å². The molecule has 2 aliphatic heterocycles. The highest BCUT2D eigenvalue weighted by Crippen LogP contribution is 2.21. The van der Waals surface area contributed by atoms with Crippen molar-refractivity contribution in [1.29, 1.82) is 0 Å². The van der Waals surface area contributed by atoms with Crippen LogP contribution in [0.3, 0.4) is 0 Å². The SMILES string of the molecule is CC(C)(C)CCOCCNCCC(N1CCCC1)N1CCCC1. The molecule has 4 nitrogen and oxygen atoms in total. The Balaban J connectivity index is 1.55. The molecule has 0 aromatic carbocycles. The molecule has 2 saturated heterocycles. The summed E-state index contributed by atoms with van der Waals surface area (Å²) < 4.78 is 5.73. The summed E-state index contributed by atoms with van der Waals surface area (Å²) in [7, 11) is 0. The Hall–Kier alpha value is -0.160. The van der Waals surface area contributed by atoms with Crippen LogP contribution >= 0.6 is 0 Å². The van der Waals surface area contributed by atoms with Gasteiger partial charge >= 0.3 is 0 Å². The fourth-order valence-corrected chi connectivity index (χ4v) is 3.66. The predicted molar refractivity (Wildman–Crippen MR) is 97.8 cm³/mol. The summed E-state index contributed by atoms with van der Waals surface area (Å²) in [5, 5.41) is 3.58. The van der Waals surface area contributed by atoms with Crippen LogP contribution in [0, 0.1) is 5.41 Å². The number of ether oxygens (including phenoxy) is 1. The average molecular weight is 326 g/mol. The summed E-state index contributed by atoms with van der Waals surface area (Å²) in [6.45, 7) is 15.8. The maximum Gasteiger partial charge on any atom is 0.0634 e. The molecule has 136 valence electrons. The van der Waals surface area contributed by atoms with Gasteiger partial charge in [-0.1, -0.05) is 20.8 Å². The summed E-state index contributed by atoms with van der Waals surface area (Å²) in [6, 6.07) is 0. The first-order valence-electron chi connectivity index (χ1n) is 9.83. The van der Waals surface area contributed by atoms with E-state index in [0.29, 0.717) is 11.6 Å². The maximum atomic E-state index is 5.73. The molecule has 23 heavy (non-hydrogen) atoms. The van der Waals surface area contributed by atoms with E-state index in [0.717, 1.165) is 32.7 Å². The zero-order valence-electron chi connectivity index (χ0n) is 15.8. The number of nitrogens with zero attached hydrogens (tertiary/aromatic N) is 2. The second-order valence-electron chi connectivity index (χ2n) is 8.43. The first-order valence-corrected chi connectivity index (χ1v) is 9.83. The summed E-state index contributed by atoms with van der Waals surface area (Å²) >= 11 is 0. The lowest BCUT2D eigenvalue weighted by Crippen LogP contribution is -2.47. The molecule has 0 aliphatic carbocycles. The molecule has 2 aliphatic rings. The molecule has 0 radical (unpaired) electrons. The smallest absolute Gasteiger partial charge is 0.0634 e. The highest BCUT2D eigenvalue weighted by Gasteiger charge is 2.28. The van der Waals surface area contributed by atoms with Crippen LogP contribution in [0.25, 0.3) is 0 Å². The van der Waals surface area contributed by atoms with E-state index >= 15 is 0 Å². The minimum absolute atomic E-state index is 0.381. The normalized spacial score (nSPS) is 20.9. The predicted octanol–water partition coefficient (Wildman–Crippen LogP) is 2.94. The first-order chi connectivity index (χ1) is 11.1. The summed E-state index contributed by atoms with van der Waals surface area (Å²) in [6.07, 6.45) is 8.62. The van der Waals surface area contributed by atoms with Crippen LogP contribution in [0.4, 0.5) is 0 Å². The number of hydrogen-bond acceptors (Lipinski definition) is 4. The third-order valence-corrected chi connectivity index (χ3v) is 5.12. The quantitative estimate of drug-likeness (QED) is 0.625. The van der Waals surface area contributed by atoms with Gasteiger partial charge in [-0.3, -0.25) is 9.80 Å². The van der Waals surface area contributed by atoms with E-state index in [1.807, 2.05) is 0 Å². The lowest BCUT2D eigenvalue weighted by molar-refractivity contribution is 0.0705. The molecule has 1 N–H and O–H groups in total. The molecular weight excluding hydrogens is 286 g/mol. The van der Waals surface area contributed by atoms with Crippen molar-refractivity contribution in [2.24, 2.45) is 5.41 Å². The lowest BCUT2D eigenvalue weighted by Gasteiger charge is -2.35. The summed E-state index contributed by atoms with van der Waals surface area (Å²) in [5.41, 5.74) is 0.381. The van der Waals surface area contributed by atoms with E-state index in [-0.39, 0.29) is 0 Å². The fraction of sp³-hybridized carbons (Fsp3) is 1.00. The molecule has 0 aromatic heterocycles. The average Bonchev–Trinajstić information content (AvgIpc) is 3.18. The Kier molecular flexibility index (Phi) is 8.31. The zero-order valence-corrected chi connectivity index (χ0v) is 15.8. The van der Waals surface area contributed by atoms with Gasteiger partial charge in [0.25, 0.3) is 0 Å². The number of likely N-dealkylation sites (tertiary alicyclic amines) is 2. The number of rotatable bonds is 10. The fourth-order valence-electron chi connectivity index (χ4n) is 3.66. The lowest BCUT2D eigenvalue weighted by atomic mass is 9.93. The van der Waals surface area contributed by atoms with Crippen LogP contribution in [0.15, 0.2) is 0 Å². The highest BCUT2D eigenvalue weighted by atomic mass is 16.5. The van der Waals surface area contributed by atoms with Crippen molar-refractivity contribution >= 4 is 0 Å². The minimum atomic E-state index is 0.381. The molecular formula is C19H39N3O. The largest absolute Gasteiger partial charge is 0.380 e. The summed E-state index contributed by atoms with van der Waals surface area (Å²) in [4.78, 5) is 5.43. The second-order valence-corrected chi connectivity index (χ2v) is 8.43. The van der Waals surface area contributed by atoms with Gasteiger partial charge in [0.1, 0.15) is 0 Å². The van der Waals surface area contributed by atoms with Gasteiger partial charge in [0.2, 0.25) is 0 Å². The number of hydrogen-bond donors (Lipinski definition) is 1. The van der Waals surface area contributed by atoms with Gasteiger partial charge in [0.15, 0.2) is 0 Å². The maximum absolute atomic E-state index is 5.73. The molecule has 0 spiro atoms. The first kappa shape index (κ1) is 19.2. The van der Waals surface area contributed by atoms with Crippen molar-refractivity contribution in [3.63, 3.8) is 0 Å². The molecule has 0 saturated carbocycles. The van der Waals surface area contributed by atoms with Gasteiger partial charge < -0.3 is 10.1 Å². The van der Waals surface area contributed by atoms with E-state index < -0.39 is 0 Å². The minimum Gasteiger partial charge on any atom is -0.380 e. The summed E-state index contributed by atoms with van der Waals surface area (Å²) in [5.74, 6) is 0. The van der Waals surface area contributed by atoms with E-state index in [9.17, 15) is 0 Å². The molecule has 2 heterocycles.